The van der Waals surface area contributed by atoms with Crippen LogP contribution in [-0.2, 0) is 4.79 Å². The van der Waals surface area contributed by atoms with Gasteiger partial charge in [0, 0.05) is 33.8 Å². The Hall–Kier alpha value is -3.21. The molecule has 1 amide bonds. The maximum Gasteiger partial charge on any atom is 0.248 e. The molecule has 174 valence electrons. The van der Waals surface area contributed by atoms with E-state index in [1.807, 2.05) is 26.8 Å². The lowest BCUT2D eigenvalue weighted by atomic mass is 9.96. The van der Waals surface area contributed by atoms with Gasteiger partial charge < -0.3 is 14.5 Å². The van der Waals surface area contributed by atoms with Crippen LogP contribution >= 0.6 is 23.2 Å². The van der Waals surface area contributed by atoms with Crippen LogP contribution in [0.25, 0.3) is 27.7 Å². The van der Waals surface area contributed by atoms with Gasteiger partial charge in [-0.15, -0.1) is 0 Å². The summed E-state index contributed by atoms with van der Waals surface area (Å²) in [7, 11) is 0. The van der Waals surface area contributed by atoms with Gasteiger partial charge >= 0.3 is 0 Å². The van der Waals surface area contributed by atoms with E-state index in [-0.39, 0.29) is 5.91 Å². The molecule has 0 spiro atoms. The molecule has 0 fully saturated rings. The van der Waals surface area contributed by atoms with E-state index >= 15 is 0 Å². The van der Waals surface area contributed by atoms with Crippen molar-refractivity contribution in [2.45, 2.75) is 27.7 Å². The van der Waals surface area contributed by atoms with Crippen LogP contribution in [0, 0.1) is 13.8 Å². The van der Waals surface area contributed by atoms with E-state index in [1.165, 1.54) is 5.56 Å². The van der Waals surface area contributed by atoms with Crippen molar-refractivity contribution in [3.05, 3.63) is 87.6 Å². The highest BCUT2D eigenvalue weighted by atomic mass is 35.5. The summed E-state index contributed by atoms with van der Waals surface area (Å²) < 4.78 is 12.0. The summed E-state index contributed by atoms with van der Waals surface area (Å²) in [6.45, 7) is 8.35. The molecule has 6 heteroatoms. The van der Waals surface area contributed by atoms with E-state index < -0.39 is 0 Å². The number of nitrogens with one attached hydrogen (secondary N) is 1. The molecule has 0 saturated heterocycles. The minimum atomic E-state index is -0.276. The second-order valence-electron chi connectivity index (χ2n) is 8.15. The molecule has 0 bridgehead atoms. The van der Waals surface area contributed by atoms with E-state index in [0.717, 1.165) is 38.8 Å². The Morgan fingerprint density at radius 3 is 2.47 bits per heavy atom. The number of benzene rings is 3. The van der Waals surface area contributed by atoms with E-state index in [4.69, 9.17) is 32.4 Å². The molecule has 1 heterocycles. The first-order valence-corrected chi connectivity index (χ1v) is 11.7. The molecule has 4 aromatic rings. The summed E-state index contributed by atoms with van der Waals surface area (Å²) in [5, 5.41) is 4.61. The van der Waals surface area contributed by atoms with Gasteiger partial charge in [-0.3, -0.25) is 4.79 Å². The number of allylic oxidation sites excluding steroid dienone is 1. The molecule has 0 aliphatic heterocycles. The maximum atomic E-state index is 12.8. The number of ether oxygens (including phenoxy) is 1. The number of aryl methyl sites for hydroxylation is 2. The van der Waals surface area contributed by atoms with Crippen LogP contribution in [0.15, 0.2) is 65.3 Å². The Morgan fingerprint density at radius 2 is 1.79 bits per heavy atom. The van der Waals surface area contributed by atoms with Crippen LogP contribution in [0.5, 0.6) is 5.75 Å². The van der Waals surface area contributed by atoms with Gasteiger partial charge in [0.15, 0.2) is 0 Å². The molecule has 0 atom stereocenters. The molecule has 0 aliphatic carbocycles. The van der Waals surface area contributed by atoms with Crippen molar-refractivity contribution in [1.29, 1.82) is 0 Å². The second kappa shape index (κ2) is 9.96. The number of fused-ring (bicyclic) bond motifs is 1. The topological polar surface area (TPSA) is 51.5 Å². The number of amides is 1. The number of carbonyl (C=O) groups excluding carboxylic acids is 1. The van der Waals surface area contributed by atoms with Gasteiger partial charge in [-0.1, -0.05) is 53.0 Å². The van der Waals surface area contributed by atoms with Crippen LogP contribution in [0.4, 0.5) is 5.69 Å². The van der Waals surface area contributed by atoms with Crippen molar-refractivity contribution in [2.75, 3.05) is 11.9 Å². The van der Waals surface area contributed by atoms with E-state index in [9.17, 15) is 4.79 Å². The lowest BCUT2D eigenvalue weighted by Crippen LogP contribution is -2.09. The van der Waals surface area contributed by atoms with Crippen LogP contribution in [-0.4, -0.2) is 12.5 Å². The molecule has 4 rings (SSSR count). The zero-order valence-corrected chi connectivity index (χ0v) is 21.0. The molecule has 0 unspecified atom stereocenters. The number of carbonyl (C=O) groups is 1. The lowest BCUT2D eigenvalue weighted by Gasteiger charge is -2.15. The fraction of sp³-hybridized carbons (Fsp3) is 0.179. The number of hydrogen-bond acceptors (Lipinski definition) is 3. The van der Waals surface area contributed by atoms with Gasteiger partial charge in [0.2, 0.25) is 5.91 Å². The first kappa shape index (κ1) is 23.9. The predicted molar refractivity (Wildman–Crippen MR) is 141 cm³/mol. The molecule has 0 aliphatic rings. The highest BCUT2D eigenvalue weighted by molar-refractivity contribution is 6.42. The number of anilines is 1. The highest BCUT2D eigenvalue weighted by Crippen LogP contribution is 2.40. The molecule has 4 nitrogen and oxygen atoms in total. The van der Waals surface area contributed by atoms with Gasteiger partial charge in [-0.25, -0.2) is 0 Å². The second-order valence-corrected chi connectivity index (χ2v) is 8.96. The van der Waals surface area contributed by atoms with E-state index in [2.05, 4.69) is 36.5 Å². The largest absolute Gasteiger partial charge is 0.493 e. The number of halogens is 2. The smallest absolute Gasteiger partial charge is 0.248 e. The zero-order chi connectivity index (χ0) is 24.4. The van der Waals surface area contributed by atoms with Gasteiger partial charge in [0.1, 0.15) is 11.3 Å². The van der Waals surface area contributed by atoms with Crippen LogP contribution < -0.4 is 10.1 Å². The van der Waals surface area contributed by atoms with Crippen molar-refractivity contribution in [2.24, 2.45) is 0 Å². The lowest BCUT2D eigenvalue weighted by molar-refractivity contribution is -0.111. The molecular formula is C28H25Cl2NO3. The number of furan rings is 1. The Balaban J connectivity index is 1.76. The average molecular weight is 494 g/mol. The van der Waals surface area contributed by atoms with Crippen molar-refractivity contribution in [3.63, 3.8) is 0 Å². The first-order chi connectivity index (χ1) is 16.3. The van der Waals surface area contributed by atoms with Crippen LogP contribution in [0.3, 0.4) is 0 Å². The normalized spacial score (nSPS) is 11.6. The minimum Gasteiger partial charge on any atom is -0.493 e. The molecule has 0 radical (unpaired) electrons. The van der Waals surface area contributed by atoms with E-state index in [0.29, 0.717) is 28.1 Å². The standard InChI is InChI=1S/C28H25Cl2NO3/c1-5-33-27-18(4)28-22(23(15-34-28)19-8-6-16(2)7-9-19)14-21(27)17(3)12-26(32)31-20-10-11-24(29)25(30)13-20/h6-15H,5H2,1-4H3,(H,31,32)/b17-12+. The summed E-state index contributed by atoms with van der Waals surface area (Å²) in [5.41, 5.74) is 7.10. The SMILES string of the molecule is CCOc1c(/C(C)=C/C(=O)Nc2ccc(Cl)c(Cl)c2)cc2c(-c3ccc(C)cc3)coc2c1C. The Morgan fingerprint density at radius 1 is 1.06 bits per heavy atom. The Kier molecular flexibility index (Phi) is 7.01. The average Bonchev–Trinajstić information content (AvgIpc) is 3.23. The maximum absolute atomic E-state index is 12.8. The quantitative estimate of drug-likeness (QED) is 0.274. The number of hydrogen-bond donors (Lipinski definition) is 1. The first-order valence-electron chi connectivity index (χ1n) is 11.0. The fourth-order valence-corrected chi connectivity index (χ4v) is 4.22. The molecule has 3 aromatic carbocycles. The van der Waals surface area contributed by atoms with Gasteiger partial charge in [-0.2, -0.15) is 0 Å². The minimum absolute atomic E-state index is 0.276. The number of rotatable bonds is 6. The van der Waals surface area contributed by atoms with Crippen molar-refractivity contribution in [3.8, 4) is 16.9 Å². The molecule has 0 saturated carbocycles. The van der Waals surface area contributed by atoms with Crippen LogP contribution in [0.1, 0.15) is 30.5 Å². The predicted octanol–water partition coefficient (Wildman–Crippen LogP) is 8.46. The third-order valence-corrected chi connectivity index (χ3v) is 6.39. The van der Waals surface area contributed by atoms with Crippen molar-refractivity contribution >= 4 is 51.3 Å². The van der Waals surface area contributed by atoms with E-state index in [1.54, 1.807) is 30.5 Å². The zero-order valence-electron chi connectivity index (χ0n) is 19.5. The summed E-state index contributed by atoms with van der Waals surface area (Å²) in [6.07, 6.45) is 3.33. The van der Waals surface area contributed by atoms with Gasteiger partial charge in [0.25, 0.3) is 0 Å². The summed E-state index contributed by atoms with van der Waals surface area (Å²) >= 11 is 12.0. The third kappa shape index (κ3) is 4.84. The summed E-state index contributed by atoms with van der Waals surface area (Å²) in [6, 6.07) is 15.3. The van der Waals surface area contributed by atoms with Gasteiger partial charge in [-0.05, 0) is 63.1 Å². The fourth-order valence-electron chi connectivity index (χ4n) is 3.92. The van der Waals surface area contributed by atoms with Gasteiger partial charge in [0.05, 0.1) is 22.9 Å². The summed E-state index contributed by atoms with van der Waals surface area (Å²) in [5.74, 6) is 0.429. The molecular weight excluding hydrogens is 469 g/mol. The van der Waals surface area contributed by atoms with Crippen LogP contribution in [0.2, 0.25) is 10.0 Å². The monoisotopic (exact) mass is 493 g/mol. The molecule has 1 N–H and O–H groups in total. The van der Waals surface area contributed by atoms with Crippen molar-refractivity contribution < 1.29 is 13.9 Å². The highest BCUT2D eigenvalue weighted by Gasteiger charge is 2.19. The molecule has 34 heavy (non-hydrogen) atoms. The Bertz CT molecular complexity index is 1400. The van der Waals surface area contributed by atoms with Crippen molar-refractivity contribution in [1.82, 2.24) is 0 Å². The Labute approximate surface area is 209 Å². The third-order valence-electron chi connectivity index (χ3n) is 5.65. The summed E-state index contributed by atoms with van der Waals surface area (Å²) in [4.78, 5) is 12.8. The molecule has 1 aromatic heterocycles.